The summed E-state index contributed by atoms with van der Waals surface area (Å²) in [7, 11) is 1.91. The molecule has 0 radical (unpaired) electrons. The van der Waals surface area contributed by atoms with E-state index in [9.17, 15) is 0 Å². The van der Waals surface area contributed by atoms with Gasteiger partial charge in [-0.05, 0) is 71.2 Å². The highest BCUT2D eigenvalue weighted by Gasteiger charge is 2.27. The van der Waals surface area contributed by atoms with E-state index in [-0.39, 0.29) is 0 Å². The molecule has 0 aliphatic heterocycles. The van der Waals surface area contributed by atoms with E-state index in [1.54, 1.807) is 0 Å². The number of hydrogen-bond acceptors (Lipinski definition) is 1. The van der Waals surface area contributed by atoms with Crippen LogP contribution in [0.2, 0.25) is 0 Å². The Morgan fingerprint density at radius 1 is 0.639 bits per heavy atom. The summed E-state index contributed by atoms with van der Waals surface area (Å²) in [6, 6.07) is 32.7. The Bertz CT molecular complexity index is 1340. The van der Waals surface area contributed by atoms with Crippen molar-refractivity contribution < 1.29 is 0 Å². The van der Waals surface area contributed by atoms with Crippen molar-refractivity contribution in [2.75, 3.05) is 11.9 Å². The van der Waals surface area contributed by atoms with Crippen LogP contribution in [0.25, 0.3) is 11.1 Å². The van der Waals surface area contributed by atoms with Crippen LogP contribution in [0.4, 0.5) is 11.4 Å². The van der Waals surface area contributed by atoms with Crippen LogP contribution >= 0.6 is 0 Å². The lowest BCUT2D eigenvalue weighted by Gasteiger charge is -2.34. The summed E-state index contributed by atoms with van der Waals surface area (Å²) < 4.78 is 0. The van der Waals surface area contributed by atoms with E-state index < -0.39 is 0 Å². The van der Waals surface area contributed by atoms with E-state index >= 15 is 0 Å². The SMILES string of the molecule is CN=C(c1ccccc1C)N(c1ccc(-c2ccccc2)cc1C)c1c(C(C)C)cccc1C(C)C. The van der Waals surface area contributed by atoms with Crippen molar-refractivity contribution in [1.29, 1.82) is 0 Å². The van der Waals surface area contributed by atoms with Gasteiger partial charge in [-0.2, -0.15) is 0 Å². The minimum Gasteiger partial charge on any atom is -0.294 e. The molecule has 0 saturated carbocycles. The van der Waals surface area contributed by atoms with E-state index in [0.717, 1.165) is 17.1 Å². The molecule has 0 N–H and O–H groups in total. The number of amidine groups is 1. The Morgan fingerprint density at radius 2 is 1.25 bits per heavy atom. The van der Waals surface area contributed by atoms with E-state index in [1.165, 1.54) is 39.1 Å². The van der Waals surface area contributed by atoms with Crippen LogP contribution in [-0.2, 0) is 0 Å². The topological polar surface area (TPSA) is 15.6 Å². The Kier molecular flexibility index (Phi) is 7.74. The van der Waals surface area contributed by atoms with E-state index in [0.29, 0.717) is 11.8 Å². The molecule has 0 amide bonds. The molecule has 0 atom stereocenters. The second-order valence-corrected chi connectivity index (χ2v) is 10.2. The third-order valence-corrected chi connectivity index (χ3v) is 6.92. The number of hydrogen-bond donors (Lipinski definition) is 0. The number of aliphatic imine (C=N–C) groups is 1. The lowest BCUT2D eigenvalue weighted by atomic mass is 9.90. The maximum absolute atomic E-state index is 4.94. The van der Waals surface area contributed by atoms with E-state index in [4.69, 9.17) is 4.99 Å². The molecule has 0 fully saturated rings. The number of rotatable bonds is 6. The minimum atomic E-state index is 0.375. The molecule has 0 aromatic heterocycles. The highest BCUT2D eigenvalue weighted by atomic mass is 15.2. The average molecular weight is 475 g/mol. The fraction of sp³-hybridized carbons (Fsp3) is 0.265. The number of para-hydroxylation sites is 1. The van der Waals surface area contributed by atoms with Crippen LogP contribution in [0.5, 0.6) is 0 Å². The highest BCUT2D eigenvalue weighted by molar-refractivity contribution is 6.16. The van der Waals surface area contributed by atoms with Crippen molar-refractivity contribution in [2.24, 2.45) is 4.99 Å². The van der Waals surface area contributed by atoms with Crippen LogP contribution in [0.3, 0.4) is 0 Å². The van der Waals surface area contributed by atoms with Crippen LogP contribution in [-0.4, -0.2) is 12.9 Å². The maximum Gasteiger partial charge on any atom is 0.140 e. The molecule has 0 heterocycles. The van der Waals surface area contributed by atoms with Gasteiger partial charge in [0.25, 0.3) is 0 Å². The largest absolute Gasteiger partial charge is 0.294 e. The summed E-state index contributed by atoms with van der Waals surface area (Å²) in [6.07, 6.45) is 0. The molecular weight excluding hydrogens is 436 g/mol. The first-order valence-electron chi connectivity index (χ1n) is 12.9. The number of nitrogens with zero attached hydrogens (tertiary/aromatic N) is 2. The van der Waals surface area contributed by atoms with E-state index in [1.807, 2.05) is 7.05 Å². The molecular formula is C34H38N2. The zero-order chi connectivity index (χ0) is 25.8. The fourth-order valence-electron chi connectivity index (χ4n) is 4.99. The van der Waals surface area contributed by atoms with Gasteiger partial charge in [-0.25, -0.2) is 0 Å². The van der Waals surface area contributed by atoms with E-state index in [2.05, 4.69) is 137 Å². The maximum atomic E-state index is 4.94. The van der Waals surface area contributed by atoms with Crippen molar-refractivity contribution in [1.82, 2.24) is 0 Å². The van der Waals surface area contributed by atoms with Crippen LogP contribution < -0.4 is 4.90 Å². The third-order valence-electron chi connectivity index (χ3n) is 6.92. The lowest BCUT2D eigenvalue weighted by Crippen LogP contribution is -2.30. The molecule has 2 nitrogen and oxygen atoms in total. The Balaban J connectivity index is 2.03. The fourth-order valence-corrected chi connectivity index (χ4v) is 4.99. The molecule has 0 bridgehead atoms. The summed E-state index contributed by atoms with van der Waals surface area (Å²) in [6.45, 7) is 13.5. The predicted molar refractivity (Wildman–Crippen MR) is 157 cm³/mol. The van der Waals surface area contributed by atoms with Crippen molar-refractivity contribution in [3.05, 3.63) is 119 Å². The monoisotopic (exact) mass is 474 g/mol. The van der Waals surface area contributed by atoms with Gasteiger partial charge in [0.1, 0.15) is 5.84 Å². The molecule has 0 spiro atoms. The minimum absolute atomic E-state index is 0.375. The van der Waals surface area contributed by atoms with Gasteiger partial charge in [0, 0.05) is 12.6 Å². The predicted octanol–water partition coefficient (Wildman–Crippen LogP) is 9.43. The van der Waals surface area contributed by atoms with Crippen LogP contribution in [0.15, 0.2) is 96.0 Å². The third kappa shape index (κ3) is 4.99. The Morgan fingerprint density at radius 3 is 1.81 bits per heavy atom. The summed E-state index contributed by atoms with van der Waals surface area (Å²) in [5.74, 6) is 1.72. The van der Waals surface area contributed by atoms with Crippen molar-refractivity contribution in [3.8, 4) is 11.1 Å². The molecule has 0 aliphatic carbocycles. The summed E-state index contributed by atoms with van der Waals surface area (Å²) in [4.78, 5) is 7.35. The lowest BCUT2D eigenvalue weighted by molar-refractivity contribution is 0.832. The molecule has 4 aromatic carbocycles. The van der Waals surface area contributed by atoms with Gasteiger partial charge in [0.15, 0.2) is 0 Å². The van der Waals surface area contributed by atoms with Crippen LogP contribution in [0.1, 0.15) is 67.3 Å². The van der Waals surface area contributed by atoms with Gasteiger partial charge in [-0.3, -0.25) is 9.89 Å². The van der Waals surface area contributed by atoms with Crippen molar-refractivity contribution >= 4 is 17.2 Å². The molecule has 0 aliphatic rings. The first-order valence-corrected chi connectivity index (χ1v) is 12.9. The normalized spacial score (nSPS) is 11.9. The van der Waals surface area contributed by atoms with Gasteiger partial charge in [0.2, 0.25) is 0 Å². The average Bonchev–Trinajstić information content (AvgIpc) is 2.88. The first-order chi connectivity index (χ1) is 17.3. The first kappa shape index (κ1) is 25.4. The Hall–Kier alpha value is -3.65. The summed E-state index contributed by atoms with van der Waals surface area (Å²) >= 11 is 0. The standard InChI is InChI=1S/C34H38N2/c1-23(2)29-18-13-19-30(24(3)4)33(29)36(34(35-7)31-17-12-11-14-25(31)5)32-21-20-28(22-26(32)6)27-15-9-8-10-16-27/h8-24H,1-7H3. The number of anilines is 2. The van der Waals surface area contributed by atoms with Gasteiger partial charge in [0.05, 0.1) is 11.4 Å². The van der Waals surface area contributed by atoms with Gasteiger partial charge in [-0.1, -0.05) is 107 Å². The molecule has 0 unspecified atom stereocenters. The van der Waals surface area contributed by atoms with Crippen LogP contribution in [0, 0.1) is 13.8 Å². The molecule has 4 aromatic rings. The van der Waals surface area contributed by atoms with Crippen molar-refractivity contribution in [3.63, 3.8) is 0 Å². The summed E-state index contributed by atoms with van der Waals surface area (Å²) in [5, 5.41) is 0. The zero-order valence-corrected chi connectivity index (χ0v) is 22.7. The molecule has 0 saturated heterocycles. The van der Waals surface area contributed by atoms with Gasteiger partial charge >= 0.3 is 0 Å². The number of aryl methyl sites for hydroxylation is 2. The van der Waals surface area contributed by atoms with Gasteiger partial charge < -0.3 is 0 Å². The highest BCUT2D eigenvalue weighted by Crippen LogP contribution is 2.42. The molecule has 36 heavy (non-hydrogen) atoms. The molecule has 184 valence electrons. The second kappa shape index (κ2) is 11.0. The second-order valence-electron chi connectivity index (χ2n) is 10.2. The summed E-state index contributed by atoms with van der Waals surface area (Å²) in [5.41, 5.74) is 11.1. The Labute approximate surface area is 217 Å². The van der Waals surface area contributed by atoms with Gasteiger partial charge in [-0.15, -0.1) is 0 Å². The van der Waals surface area contributed by atoms with Crippen molar-refractivity contribution in [2.45, 2.75) is 53.4 Å². The quantitative estimate of drug-likeness (QED) is 0.201. The number of benzene rings is 4. The zero-order valence-electron chi connectivity index (χ0n) is 22.7. The molecule has 2 heteroatoms. The molecule has 4 rings (SSSR count). The smallest absolute Gasteiger partial charge is 0.140 e.